The van der Waals surface area contributed by atoms with Gasteiger partial charge in [0.1, 0.15) is 12.4 Å². The van der Waals surface area contributed by atoms with Gasteiger partial charge in [-0.2, -0.15) is 0 Å². The fourth-order valence-corrected chi connectivity index (χ4v) is 2.00. The van der Waals surface area contributed by atoms with E-state index in [9.17, 15) is 5.11 Å². The number of aliphatic hydroxyl groups excluding tert-OH is 1. The average molecular weight is 263 g/mol. The quantitative estimate of drug-likeness (QED) is 0.673. The molecule has 2 N–H and O–H groups in total. The van der Waals surface area contributed by atoms with Crippen molar-refractivity contribution >= 4 is 0 Å². The maximum absolute atomic E-state index is 9.56. The van der Waals surface area contributed by atoms with Crippen molar-refractivity contribution in [2.75, 3.05) is 13.2 Å². The molecule has 0 aliphatic carbocycles. The van der Waals surface area contributed by atoms with Crippen molar-refractivity contribution in [2.24, 2.45) is 0 Å². The van der Waals surface area contributed by atoms with Crippen molar-refractivity contribution in [1.29, 1.82) is 0 Å². The van der Waals surface area contributed by atoms with E-state index in [0.717, 1.165) is 24.2 Å². The van der Waals surface area contributed by atoms with Crippen LogP contribution in [-0.2, 0) is 6.54 Å². The number of ether oxygens (including phenoxy) is 1. The number of hydrogen-bond donors (Lipinski definition) is 2. The summed E-state index contributed by atoms with van der Waals surface area (Å²) in [5.74, 6) is 0.869. The van der Waals surface area contributed by atoms with E-state index in [4.69, 9.17) is 4.74 Å². The van der Waals surface area contributed by atoms with Crippen LogP contribution in [0.1, 0.15) is 32.3 Å². The van der Waals surface area contributed by atoms with E-state index in [-0.39, 0.29) is 12.1 Å². The van der Waals surface area contributed by atoms with Gasteiger partial charge in [0.15, 0.2) is 0 Å². The lowest BCUT2D eigenvalue weighted by Gasteiger charge is -2.31. The third-order valence-corrected chi connectivity index (χ3v) is 3.64. The Kier molecular flexibility index (Phi) is 6.60. The lowest BCUT2D eigenvalue weighted by atomic mass is 9.93. The molecule has 0 aromatic heterocycles. The Bertz CT molecular complexity index is 378. The predicted molar refractivity (Wildman–Crippen MR) is 79.4 cm³/mol. The fraction of sp³-hybridized carbons (Fsp3) is 0.500. The molecule has 1 aromatic rings. The monoisotopic (exact) mass is 263 g/mol. The number of aliphatic hydroxyl groups is 1. The SMILES string of the molecule is C=CCOc1ccccc1CNC(CC)(CC)CO. The first-order valence-electron chi connectivity index (χ1n) is 6.88. The highest BCUT2D eigenvalue weighted by atomic mass is 16.5. The summed E-state index contributed by atoms with van der Waals surface area (Å²) in [5.41, 5.74) is 0.898. The third kappa shape index (κ3) is 4.37. The van der Waals surface area contributed by atoms with Gasteiger partial charge >= 0.3 is 0 Å². The summed E-state index contributed by atoms with van der Waals surface area (Å²) in [6.07, 6.45) is 3.53. The van der Waals surface area contributed by atoms with Crippen molar-refractivity contribution < 1.29 is 9.84 Å². The molecule has 0 amide bonds. The van der Waals surface area contributed by atoms with E-state index in [2.05, 4.69) is 25.7 Å². The highest BCUT2D eigenvalue weighted by Crippen LogP contribution is 2.20. The van der Waals surface area contributed by atoms with Crippen LogP contribution in [0.25, 0.3) is 0 Å². The second kappa shape index (κ2) is 7.97. The molecule has 0 aliphatic rings. The Morgan fingerprint density at radius 2 is 2.00 bits per heavy atom. The van der Waals surface area contributed by atoms with Gasteiger partial charge in [0.25, 0.3) is 0 Å². The molecule has 0 unspecified atom stereocenters. The first-order chi connectivity index (χ1) is 9.21. The van der Waals surface area contributed by atoms with Gasteiger partial charge < -0.3 is 15.2 Å². The molecule has 3 nitrogen and oxygen atoms in total. The number of benzene rings is 1. The maximum Gasteiger partial charge on any atom is 0.124 e. The molecule has 0 saturated heterocycles. The van der Waals surface area contributed by atoms with E-state index in [1.165, 1.54) is 0 Å². The fourth-order valence-electron chi connectivity index (χ4n) is 2.00. The Hall–Kier alpha value is -1.32. The number of hydrogen-bond acceptors (Lipinski definition) is 3. The van der Waals surface area contributed by atoms with E-state index in [1.807, 2.05) is 24.3 Å². The zero-order chi connectivity index (χ0) is 14.1. The van der Waals surface area contributed by atoms with Crippen LogP contribution >= 0.6 is 0 Å². The average Bonchev–Trinajstić information content (AvgIpc) is 2.48. The highest BCUT2D eigenvalue weighted by molar-refractivity contribution is 5.33. The van der Waals surface area contributed by atoms with E-state index in [0.29, 0.717) is 13.2 Å². The van der Waals surface area contributed by atoms with E-state index >= 15 is 0 Å². The molecular weight excluding hydrogens is 238 g/mol. The van der Waals surface area contributed by atoms with Crippen molar-refractivity contribution in [1.82, 2.24) is 5.32 Å². The van der Waals surface area contributed by atoms with E-state index < -0.39 is 0 Å². The van der Waals surface area contributed by atoms with Crippen LogP contribution in [0.5, 0.6) is 5.75 Å². The topological polar surface area (TPSA) is 41.5 Å². The Morgan fingerprint density at radius 3 is 2.58 bits per heavy atom. The summed E-state index contributed by atoms with van der Waals surface area (Å²) < 4.78 is 5.63. The normalized spacial score (nSPS) is 11.3. The molecule has 0 bridgehead atoms. The van der Waals surface area contributed by atoms with Gasteiger partial charge in [-0.1, -0.05) is 44.7 Å². The summed E-state index contributed by atoms with van der Waals surface area (Å²) in [7, 11) is 0. The Morgan fingerprint density at radius 1 is 1.32 bits per heavy atom. The molecular formula is C16H25NO2. The molecule has 0 fully saturated rings. The molecule has 1 aromatic carbocycles. The molecule has 0 aliphatic heterocycles. The minimum absolute atomic E-state index is 0.148. The summed E-state index contributed by atoms with van der Waals surface area (Å²) in [6, 6.07) is 7.95. The molecule has 0 spiro atoms. The minimum Gasteiger partial charge on any atom is -0.489 e. The van der Waals surface area contributed by atoms with Crippen LogP contribution in [0.15, 0.2) is 36.9 Å². The minimum atomic E-state index is -0.203. The van der Waals surface area contributed by atoms with Crippen molar-refractivity contribution in [2.45, 2.75) is 38.8 Å². The van der Waals surface area contributed by atoms with Crippen molar-refractivity contribution in [3.63, 3.8) is 0 Å². The first-order valence-corrected chi connectivity index (χ1v) is 6.88. The van der Waals surface area contributed by atoms with Crippen LogP contribution in [0.3, 0.4) is 0 Å². The largest absolute Gasteiger partial charge is 0.489 e. The van der Waals surface area contributed by atoms with Gasteiger partial charge in [0.2, 0.25) is 0 Å². The van der Waals surface area contributed by atoms with Crippen molar-refractivity contribution in [3.8, 4) is 5.75 Å². The molecule has 19 heavy (non-hydrogen) atoms. The molecule has 0 heterocycles. The van der Waals surface area contributed by atoms with Gasteiger partial charge in [-0.25, -0.2) is 0 Å². The van der Waals surface area contributed by atoms with Crippen LogP contribution in [0.4, 0.5) is 0 Å². The van der Waals surface area contributed by atoms with E-state index in [1.54, 1.807) is 6.08 Å². The molecule has 0 radical (unpaired) electrons. The van der Waals surface area contributed by atoms with Crippen LogP contribution in [0.2, 0.25) is 0 Å². The van der Waals surface area contributed by atoms with Gasteiger partial charge in [0.05, 0.1) is 6.61 Å². The Balaban J connectivity index is 2.73. The van der Waals surface area contributed by atoms with Crippen molar-refractivity contribution in [3.05, 3.63) is 42.5 Å². The maximum atomic E-state index is 9.56. The smallest absolute Gasteiger partial charge is 0.124 e. The predicted octanol–water partition coefficient (Wildman–Crippen LogP) is 2.89. The molecule has 0 atom stereocenters. The summed E-state index contributed by atoms with van der Waals surface area (Å²) in [6.45, 7) is 9.18. The van der Waals surface area contributed by atoms with Gasteiger partial charge in [0, 0.05) is 17.6 Å². The molecule has 0 saturated carbocycles. The second-order valence-corrected chi connectivity index (χ2v) is 4.71. The molecule has 106 valence electrons. The summed E-state index contributed by atoms with van der Waals surface area (Å²) in [4.78, 5) is 0. The van der Waals surface area contributed by atoms with Crippen LogP contribution in [0, 0.1) is 0 Å². The lowest BCUT2D eigenvalue weighted by molar-refractivity contribution is 0.149. The second-order valence-electron chi connectivity index (χ2n) is 4.71. The third-order valence-electron chi connectivity index (χ3n) is 3.64. The zero-order valence-corrected chi connectivity index (χ0v) is 12.0. The highest BCUT2D eigenvalue weighted by Gasteiger charge is 2.24. The van der Waals surface area contributed by atoms with Gasteiger partial charge in [-0.05, 0) is 18.9 Å². The number of rotatable bonds is 9. The van der Waals surface area contributed by atoms with Gasteiger partial charge in [-0.15, -0.1) is 0 Å². The zero-order valence-electron chi connectivity index (χ0n) is 12.0. The summed E-state index contributed by atoms with van der Waals surface area (Å²) >= 11 is 0. The molecule has 1 rings (SSSR count). The van der Waals surface area contributed by atoms with Crippen LogP contribution < -0.4 is 10.1 Å². The first kappa shape index (κ1) is 15.7. The number of para-hydroxylation sites is 1. The van der Waals surface area contributed by atoms with Crippen LogP contribution in [-0.4, -0.2) is 23.9 Å². The van der Waals surface area contributed by atoms with Gasteiger partial charge in [-0.3, -0.25) is 0 Å². The lowest BCUT2D eigenvalue weighted by Crippen LogP contribution is -2.47. The standard InChI is InChI=1S/C16H25NO2/c1-4-11-19-15-10-8-7-9-14(15)12-17-16(5-2,6-3)13-18/h4,7-10,17-18H,1,5-6,11-13H2,2-3H3. The Labute approximate surface area is 116 Å². The summed E-state index contributed by atoms with van der Waals surface area (Å²) in [5, 5.41) is 13.0. The molecule has 3 heteroatoms. The number of nitrogens with one attached hydrogen (secondary N) is 1.